The molecule has 1 aliphatic heterocycles. The van der Waals surface area contributed by atoms with Crippen molar-refractivity contribution in [2.45, 2.75) is 26.4 Å². The topological polar surface area (TPSA) is 48.9 Å². The van der Waals surface area contributed by atoms with Crippen LogP contribution in [0.5, 0.6) is 0 Å². The van der Waals surface area contributed by atoms with Crippen LogP contribution in [-0.2, 0) is 24.2 Å². The lowest BCUT2D eigenvalue weighted by Gasteiger charge is -2.26. The van der Waals surface area contributed by atoms with Gasteiger partial charge in [-0.2, -0.15) is 0 Å². The molecule has 2 N–H and O–H groups in total. The van der Waals surface area contributed by atoms with Gasteiger partial charge in [-0.1, -0.05) is 37.3 Å². The first kappa shape index (κ1) is 20.8. The molecule has 1 atom stereocenters. The zero-order valence-electron chi connectivity index (χ0n) is 17.0. The molecule has 2 aromatic rings. The van der Waals surface area contributed by atoms with Gasteiger partial charge in [-0.25, -0.2) is 0 Å². The maximum absolute atomic E-state index is 5.44. The summed E-state index contributed by atoms with van der Waals surface area (Å²) in [6, 6.07) is 13.1. The molecule has 0 saturated carbocycles. The Balaban J connectivity index is 1.43. The number of guanidine groups is 1. The van der Waals surface area contributed by atoms with Crippen LogP contribution in [0.25, 0.3) is 0 Å². The van der Waals surface area contributed by atoms with Gasteiger partial charge in [-0.05, 0) is 34.9 Å². The fourth-order valence-corrected chi connectivity index (χ4v) is 4.25. The quantitative estimate of drug-likeness (QED) is 0.528. The second kappa shape index (κ2) is 11.2. The molecule has 0 amide bonds. The van der Waals surface area contributed by atoms with Crippen LogP contribution in [0.3, 0.4) is 0 Å². The second-order valence-electron chi connectivity index (χ2n) is 7.40. The van der Waals surface area contributed by atoms with E-state index in [9.17, 15) is 0 Å². The molecule has 1 aliphatic rings. The lowest BCUT2D eigenvalue weighted by molar-refractivity contribution is 0.0342. The molecule has 1 unspecified atom stereocenters. The normalized spacial score (nSPS) is 16.7. The van der Waals surface area contributed by atoms with Crippen molar-refractivity contribution >= 4 is 17.3 Å². The molecule has 3 rings (SSSR count). The van der Waals surface area contributed by atoms with E-state index in [4.69, 9.17) is 4.74 Å². The van der Waals surface area contributed by atoms with Crippen molar-refractivity contribution in [3.8, 4) is 0 Å². The Labute approximate surface area is 172 Å². The summed E-state index contributed by atoms with van der Waals surface area (Å²) in [6.07, 6.45) is 1.10. The highest BCUT2D eigenvalue weighted by Crippen LogP contribution is 2.14. The minimum absolute atomic E-state index is 0.564. The number of morpholine rings is 1. The van der Waals surface area contributed by atoms with Crippen LogP contribution < -0.4 is 10.6 Å². The molecule has 5 nitrogen and oxygen atoms in total. The van der Waals surface area contributed by atoms with Crippen LogP contribution in [0.2, 0.25) is 0 Å². The number of nitrogens with zero attached hydrogens (tertiary/aromatic N) is 2. The summed E-state index contributed by atoms with van der Waals surface area (Å²) in [6.45, 7) is 8.66. The minimum atomic E-state index is 0.564. The van der Waals surface area contributed by atoms with Gasteiger partial charge in [0.05, 0.1) is 13.2 Å². The largest absolute Gasteiger partial charge is 0.379 e. The predicted molar refractivity (Wildman–Crippen MR) is 118 cm³/mol. The summed E-state index contributed by atoms with van der Waals surface area (Å²) in [5, 5.41) is 9.03. The number of thiophene rings is 1. The molecule has 1 saturated heterocycles. The van der Waals surface area contributed by atoms with Crippen molar-refractivity contribution in [3.63, 3.8) is 0 Å². The van der Waals surface area contributed by atoms with Crippen LogP contribution in [0.1, 0.15) is 22.9 Å². The zero-order chi connectivity index (χ0) is 19.6. The third-order valence-corrected chi connectivity index (χ3v) is 5.83. The van der Waals surface area contributed by atoms with E-state index < -0.39 is 0 Å². The first-order chi connectivity index (χ1) is 13.7. The first-order valence-electron chi connectivity index (χ1n) is 10.1. The summed E-state index contributed by atoms with van der Waals surface area (Å²) in [5.74, 6) is 1.42. The summed E-state index contributed by atoms with van der Waals surface area (Å²) < 4.78 is 5.44. The van der Waals surface area contributed by atoms with Crippen molar-refractivity contribution in [3.05, 3.63) is 57.8 Å². The van der Waals surface area contributed by atoms with Gasteiger partial charge in [0.1, 0.15) is 0 Å². The van der Waals surface area contributed by atoms with E-state index in [1.807, 2.05) is 18.4 Å². The molecule has 1 aromatic carbocycles. The van der Waals surface area contributed by atoms with E-state index in [0.29, 0.717) is 5.92 Å². The van der Waals surface area contributed by atoms with Crippen molar-refractivity contribution < 1.29 is 4.74 Å². The Morgan fingerprint density at radius 3 is 2.75 bits per heavy atom. The SMILES string of the molecule is CN=C(NCc1cccc(CN2CCOCC2)c1)NCC(C)Cc1cccs1. The van der Waals surface area contributed by atoms with Crippen LogP contribution >= 0.6 is 11.3 Å². The first-order valence-corrected chi connectivity index (χ1v) is 11.0. The monoisotopic (exact) mass is 400 g/mol. The molecule has 6 heteroatoms. The third-order valence-electron chi connectivity index (χ3n) is 4.93. The fraction of sp³-hybridized carbons (Fsp3) is 0.500. The molecule has 0 aliphatic carbocycles. The number of aliphatic imine (C=N–C) groups is 1. The van der Waals surface area contributed by atoms with E-state index in [-0.39, 0.29) is 0 Å². The van der Waals surface area contributed by atoms with E-state index in [1.165, 1.54) is 16.0 Å². The molecule has 0 radical (unpaired) electrons. The standard InChI is InChI=1S/C22H32N4OS/c1-18(13-21-7-4-12-28-21)15-24-22(23-2)25-16-19-5-3-6-20(14-19)17-26-8-10-27-11-9-26/h3-7,12,14,18H,8-11,13,15-17H2,1-2H3,(H2,23,24,25). The van der Waals surface area contributed by atoms with Crippen molar-refractivity contribution in [1.29, 1.82) is 0 Å². The summed E-state index contributed by atoms with van der Waals surface area (Å²) >= 11 is 1.83. The summed E-state index contributed by atoms with van der Waals surface area (Å²) in [4.78, 5) is 8.25. The van der Waals surface area contributed by atoms with E-state index in [1.54, 1.807) is 0 Å². The molecular weight excluding hydrogens is 368 g/mol. The number of hydrogen-bond acceptors (Lipinski definition) is 4. The maximum atomic E-state index is 5.44. The van der Waals surface area contributed by atoms with Gasteiger partial charge in [0.2, 0.25) is 0 Å². The molecule has 28 heavy (non-hydrogen) atoms. The van der Waals surface area contributed by atoms with Gasteiger partial charge in [0, 0.05) is 44.6 Å². The lowest BCUT2D eigenvalue weighted by atomic mass is 10.1. The maximum Gasteiger partial charge on any atom is 0.191 e. The van der Waals surface area contributed by atoms with Crippen molar-refractivity contribution in [2.75, 3.05) is 39.9 Å². The lowest BCUT2D eigenvalue weighted by Crippen LogP contribution is -2.39. The predicted octanol–water partition coefficient (Wildman–Crippen LogP) is 3.12. The Bertz CT molecular complexity index is 726. The summed E-state index contributed by atoms with van der Waals surface area (Å²) in [5.41, 5.74) is 2.63. The van der Waals surface area contributed by atoms with Gasteiger partial charge in [-0.3, -0.25) is 9.89 Å². The van der Waals surface area contributed by atoms with Gasteiger partial charge in [0.15, 0.2) is 5.96 Å². The molecule has 2 heterocycles. The molecular formula is C22H32N4OS. The van der Waals surface area contributed by atoms with Gasteiger partial charge < -0.3 is 15.4 Å². The Morgan fingerprint density at radius 1 is 1.18 bits per heavy atom. The summed E-state index contributed by atoms with van der Waals surface area (Å²) in [7, 11) is 1.83. The highest BCUT2D eigenvalue weighted by Gasteiger charge is 2.11. The Morgan fingerprint density at radius 2 is 2.00 bits per heavy atom. The van der Waals surface area contributed by atoms with E-state index >= 15 is 0 Å². The molecule has 1 fully saturated rings. The van der Waals surface area contributed by atoms with Gasteiger partial charge in [0.25, 0.3) is 0 Å². The minimum Gasteiger partial charge on any atom is -0.379 e. The van der Waals surface area contributed by atoms with Crippen LogP contribution in [0.4, 0.5) is 0 Å². The van der Waals surface area contributed by atoms with Gasteiger partial charge >= 0.3 is 0 Å². The smallest absolute Gasteiger partial charge is 0.191 e. The average molecular weight is 401 g/mol. The van der Waals surface area contributed by atoms with E-state index in [0.717, 1.165) is 58.3 Å². The van der Waals surface area contributed by atoms with Crippen LogP contribution in [0, 0.1) is 5.92 Å². The third kappa shape index (κ3) is 6.93. The number of ether oxygens (including phenoxy) is 1. The van der Waals surface area contributed by atoms with Crippen molar-refractivity contribution in [2.24, 2.45) is 10.9 Å². The number of benzene rings is 1. The molecule has 152 valence electrons. The van der Waals surface area contributed by atoms with Gasteiger partial charge in [-0.15, -0.1) is 11.3 Å². The highest BCUT2D eigenvalue weighted by molar-refractivity contribution is 7.09. The van der Waals surface area contributed by atoms with Crippen LogP contribution in [-0.4, -0.2) is 50.8 Å². The zero-order valence-corrected chi connectivity index (χ0v) is 17.8. The Kier molecular flexibility index (Phi) is 8.33. The van der Waals surface area contributed by atoms with Crippen LogP contribution in [0.15, 0.2) is 46.8 Å². The van der Waals surface area contributed by atoms with Crippen molar-refractivity contribution in [1.82, 2.24) is 15.5 Å². The molecule has 1 aromatic heterocycles. The molecule has 0 bridgehead atoms. The Hall–Kier alpha value is -1.89. The van der Waals surface area contributed by atoms with E-state index in [2.05, 4.69) is 69.2 Å². The fourth-order valence-electron chi connectivity index (χ4n) is 3.38. The number of rotatable bonds is 8. The molecule has 0 spiro atoms. The highest BCUT2D eigenvalue weighted by atomic mass is 32.1. The second-order valence-corrected chi connectivity index (χ2v) is 8.44. The average Bonchev–Trinajstić information content (AvgIpc) is 3.22. The number of nitrogens with one attached hydrogen (secondary N) is 2. The number of hydrogen-bond donors (Lipinski definition) is 2.